The highest BCUT2D eigenvalue weighted by molar-refractivity contribution is 6.30. The fraction of sp³-hybridized carbons (Fsp3) is 0.375. The number of nitrogens with two attached hydrogens (primary N) is 1. The van der Waals surface area contributed by atoms with E-state index in [9.17, 15) is 4.79 Å². The van der Waals surface area contributed by atoms with E-state index in [1.54, 1.807) is 17.1 Å². The molecule has 1 aromatic carbocycles. The maximum atomic E-state index is 12.3. The zero-order valence-corrected chi connectivity index (χ0v) is 14.2. The van der Waals surface area contributed by atoms with Gasteiger partial charge in [0.15, 0.2) is 0 Å². The Morgan fingerprint density at radius 2 is 2.04 bits per heavy atom. The molecule has 0 unspecified atom stereocenters. The monoisotopic (exact) mass is 354 g/mol. The van der Waals surface area contributed by atoms with Gasteiger partial charge in [0.1, 0.15) is 0 Å². The first-order valence-corrected chi connectivity index (χ1v) is 7.77. The van der Waals surface area contributed by atoms with Crippen molar-refractivity contribution in [1.29, 1.82) is 0 Å². The van der Waals surface area contributed by atoms with Crippen LogP contribution >= 0.6 is 24.0 Å². The molecule has 23 heavy (non-hydrogen) atoms. The van der Waals surface area contributed by atoms with Crippen LogP contribution in [0.25, 0.3) is 0 Å². The molecule has 7 heteroatoms. The van der Waals surface area contributed by atoms with Crippen molar-refractivity contribution < 1.29 is 4.79 Å². The van der Waals surface area contributed by atoms with Crippen LogP contribution in [0.15, 0.2) is 42.7 Å². The number of rotatable bonds is 4. The lowest BCUT2D eigenvalue weighted by Crippen LogP contribution is -2.32. The second kappa shape index (κ2) is 7.81. The Hall–Kier alpha value is -1.56. The lowest BCUT2D eigenvalue weighted by atomic mass is 9.95. The molecule has 1 aliphatic heterocycles. The molecule has 0 bridgehead atoms. The third-order valence-corrected chi connectivity index (χ3v) is 4.30. The second-order valence-corrected chi connectivity index (χ2v) is 6.09. The summed E-state index contributed by atoms with van der Waals surface area (Å²) in [6.45, 7) is 1.83. The Labute approximate surface area is 146 Å². The van der Waals surface area contributed by atoms with Crippen molar-refractivity contribution >= 4 is 29.9 Å². The normalized spacial score (nSPS) is 20.3. The fourth-order valence-electron chi connectivity index (χ4n) is 2.91. The Bertz CT molecular complexity index is 647. The quantitative estimate of drug-likeness (QED) is 0.915. The number of aryl methyl sites for hydroxylation is 1. The SMILES string of the molecule is Cl.N[C@@H]1CN(C(=O)CCn2cc(Cl)cn2)C[C@H]1c1ccccc1. The van der Waals surface area contributed by atoms with Gasteiger partial charge in [-0.1, -0.05) is 41.9 Å². The minimum Gasteiger partial charge on any atom is -0.340 e. The highest BCUT2D eigenvalue weighted by Gasteiger charge is 2.33. The van der Waals surface area contributed by atoms with Crippen molar-refractivity contribution in [3.05, 3.63) is 53.3 Å². The molecule has 1 aliphatic rings. The Morgan fingerprint density at radius 3 is 2.70 bits per heavy atom. The molecule has 2 heterocycles. The standard InChI is InChI=1S/C16H19ClN4O.ClH/c17-13-8-19-21(9-13)7-6-16(22)20-10-14(15(18)11-20)12-4-2-1-3-5-12;/h1-5,8-9,14-15H,6-7,10-11,18H2;1H/t14-,15+;/m0./s1. The lowest BCUT2D eigenvalue weighted by molar-refractivity contribution is -0.130. The second-order valence-electron chi connectivity index (χ2n) is 5.65. The molecule has 2 atom stereocenters. The first-order chi connectivity index (χ1) is 10.6. The van der Waals surface area contributed by atoms with Crippen LogP contribution in [0.4, 0.5) is 0 Å². The van der Waals surface area contributed by atoms with Crippen molar-refractivity contribution in [3.63, 3.8) is 0 Å². The first-order valence-electron chi connectivity index (χ1n) is 7.40. The summed E-state index contributed by atoms with van der Waals surface area (Å²) in [5, 5.41) is 4.66. The number of likely N-dealkylation sites (tertiary alicyclic amines) is 1. The van der Waals surface area contributed by atoms with E-state index >= 15 is 0 Å². The predicted molar refractivity (Wildman–Crippen MR) is 92.8 cm³/mol. The average Bonchev–Trinajstić information content (AvgIpc) is 3.12. The van der Waals surface area contributed by atoms with Crippen LogP contribution in [-0.4, -0.2) is 39.7 Å². The number of benzene rings is 1. The van der Waals surface area contributed by atoms with E-state index in [0.29, 0.717) is 31.1 Å². The number of aromatic nitrogens is 2. The van der Waals surface area contributed by atoms with Gasteiger partial charge in [-0.2, -0.15) is 5.10 Å². The van der Waals surface area contributed by atoms with E-state index in [-0.39, 0.29) is 30.3 Å². The van der Waals surface area contributed by atoms with Gasteiger partial charge in [0.05, 0.1) is 11.2 Å². The summed E-state index contributed by atoms with van der Waals surface area (Å²) in [6.07, 6.45) is 3.70. The minimum absolute atomic E-state index is 0. The molecule has 0 spiro atoms. The Morgan fingerprint density at radius 1 is 1.30 bits per heavy atom. The van der Waals surface area contributed by atoms with Crippen LogP contribution in [0.3, 0.4) is 0 Å². The van der Waals surface area contributed by atoms with Crippen LogP contribution in [0.2, 0.25) is 5.02 Å². The summed E-state index contributed by atoms with van der Waals surface area (Å²) < 4.78 is 1.69. The van der Waals surface area contributed by atoms with Gasteiger partial charge < -0.3 is 10.6 Å². The summed E-state index contributed by atoms with van der Waals surface area (Å²) in [6, 6.07) is 10.1. The highest BCUT2D eigenvalue weighted by Crippen LogP contribution is 2.26. The molecule has 1 saturated heterocycles. The number of amides is 1. The van der Waals surface area contributed by atoms with Crippen molar-refractivity contribution in [2.45, 2.75) is 24.9 Å². The Kier molecular flexibility index (Phi) is 6.04. The number of hydrogen-bond donors (Lipinski definition) is 1. The zero-order valence-electron chi connectivity index (χ0n) is 12.6. The summed E-state index contributed by atoms with van der Waals surface area (Å²) >= 11 is 5.81. The molecule has 2 N–H and O–H groups in total. The van der Waals surface area contributed by atoms with Gasteiger partial charge in [-0.3, -0.25) is 9.48 Å². The third-order valence-electron chi connectivity index (χ3n) is 4.10. The van der Waals surface area contributed by atoms with Crippen molar-refractivity contribution in [3.8, 4) is 0 Å². The van der Waals surface area contributed by atoms with Gasteiger partial charge in [-0.25, -0.2) is 0 Å². The minimum atomic E-state index is -0.00880. The van der Waals surface area contributed by atoms with Crippen LogP contribution in [0.1, 0.15) is 17.9 Å². The maximum absolute atomic E-state index is 12.3. The molecule has 2 aromatic rings. The molecule has 124 valence electrons. The fourth-order valence-corrected chi connectivity index (χ4v) is 3.07. The first kappa shape index (κ1) is 17.8. The smallest absolute Gasteiger partial charge is 0.224 e. The van der Waals surface area contributed by atoms with Gasteiger partial charge in [-0.15, -0.1) is 12.4 Å². The van der Waals surface area contributed by atoms with Gasteiger partial charge in [0.2, 0.25) is 5.91 Å². The summed E-state index contributed by atoms with van der Waals surface area (Å²) in [5.41, 5.74) is 7.42. The van der Waals surface area contributed by atoms with Crippen molar-refractivity contribution in [1.82, 2.24) is 14.7 Å². The van der Waals surface area contributed by atoms with Crippen molar-refractivity contribution in [2.75, 3.05) is 13.1 Å². The van der Waals surface area contributed by atoms with E-state index in [4.69, 9.17) is 17.3 Å². The van der Waals surface area contributed by atoms with E-state index in [1.165, 1.54) is 5.56 Å². The molecule has 1 aromatic heterocycles. The molecule has 0 aliphatic carbocycles. The summed E-state index contributed by atoms with van der Waals surface area (Å²) in [4.78, 5) is 14.2. The maximum Gasteiger partial charge on any atom is 0.224 e. The number of halogens is 2. The predicted octanol–water partition coefficient (Wildman–Crippen LogP) is 2.30. The molecule has 0 saturated carbocycles. The zero-order chi connectivity index (χ0) is 15.5. The number of carbonyl (C=O) groups excluding carboxylic acids is 1. The molecule has 3 rings (SSSR count). The number of hydrogen-bond acceptors (Lipinski definition) is 3. The van der Waals surface area contributed by atoms with E-state index in [2.05, 4.69) is 17.2 Å². The van der Waals surface area contributed by atoms with Crippen molar-refractivity contribution in [2.24, 2.45) is 5.73 Å². The lowest BCUT2D eigenvalue weighted by Gasteiger charge is -2.16. The van der Waals surface area contributed by atoms with Gasteiger partial charge in [0, 0.05) is 44.2 Å². The van der Waals surface area contributed by atoms with E-state index < -0.39 is 0 Å². The topological polar surface area (TPSA) is 64.2 Å². The average molecular weight is 355 g/mol. The van der Waals surface area contributed by atoms with E-state index in [0.717, 1.165) is 0 Å². The highest BCUT2D eigenvalue weighted by atomic mass is 35.5. The van der Waals surface area contributed by atoms with Gasteiger partial charge >= 0.3 is 0 Å². The molecule has 5 nitrogen and oxygen atoms in total. The van der Waals surface area contributed by atoms with Gasteiger partial charge in [0.25, 0.3) is 0 Å². The molecular formula is C16H20Cl2N4O. The van der Waals surface area contributed by atoms with Crippen LogP contribution in [-0.2, 0) is 11.3 Å². The van der Waals surface area contributed by atoms with Crippen LogP contribution in [0, 0.1) is 0 Å². The summed E-state index contributed by atoms with van der Waals surface area (Å²) in [7, 11) is 0. The number of nitrogens with zero attached hydrogens (tertiary/aromatic N) is 3. The third kappa shape index (κ3) is 4.25. The molecular weight excluding hydrogens is 335 g/mol. The van der Waals surface area contributed by atoms with E-state index in [1.807, 2.05) is 23.1 Å². The molecule has 1 amide bonds. The summed E-state index contributed by atoms with van der Waals surface area (Å²) in [5.74, 6) is 0.324. The number of carbonyl (C=O) groups is 1. The molecule has 0 radical (unpaired) electrons. The van der Waals surface area contributed by atoms with Crippen LogP contribution < -0.4 is 5.73 Å². The largest absolute Gasteiger partial charge is 0.340 e. The Balaban J connectivity index is 0.00000192. The van der Waals surface area contributed by atoms with Crippen LogP contribution in [0.5, 0.6) is 0 Å². The van der Waals surface area contributed by atoms with Gasteiger partial charge in [-0.05, 0) is 5.56 Å². The molecule has 1 fully saturated rings.